The van der Waals surface area contributed by atoms with Crippen LogP contribution in [-0.4, -0.2) is 65.8 Å². The van der Waals surface area contributed by atoms with Crippen molar-refractivity contribution in [2.24, 2.45) is 5.73 Å². The number of alkyl halides is 3. The van der Waals surface area contributed by atoms with Crippen LogP contribution in [0.15, 0.2) is 60.9 Å². The number of amides is 2. The molecule has 4 rings (SSSR count). The molecule has 248 valence electrons. The van der Waals surface area contributed by atoms with E-state index < -0.39 is 72.3 Å². The summed E-state index contributed by atoms with van der Waals surface area (Å²) in [5.41, 5.74) is 3.03. The smallest absolute Gasteiger partial charge is 0.430 e. The minimum absolute atomic E-state index is 0.0615. The summed E-state index contributed by atoms with van der Waals surface area (Å²) in [5.74, 6) is -2.72. The van der Waals surface area contributed by atoms with Crippen molar-refractivity contribution in [3.8, 4) is 0 Å². The number of morpholine rings is 1. The van der Waals surface area contributed by atoms with Crippen LogP contribution in [0.2, 0.25) is 0 Å². The second kappa shape index (κ2) is 14.9. The number of nitrogens with two attached hydrogens (primary N) is 1. The lowest BCUT2D eigenvalue weighted by molar-refractivity contribution is -0.274. The molecule has 1 aromatic heterocycles. The standard InChI is InChI=1S/C31H32F6N4O5/c32-20-5-1-18(2-6-20)25(19-3-7-21(33)8-4-19)11-28(43)41-27-15-39-14-26(34)24(27)10-9-23-13-40-22(16-45-23)12-30(17-42,31(35,36)37)46-29(38)44/h1-8,14-15,22-23,25,40,42H,9-13,16-17H2,(H2,38,44)(H,41,43)/t22-,23+,30?/m0/s1. The molecular weight excluding hydrogens is 622 g/mol. The maximum Gasteiger partial charge on any atom is 0.430 e. The van der Waals surface area contributed by atoms with Gasteiger partial charge in [-0.25, -0.2) is 18.0 Å². The Morgan fingerprint density at radius 3 is 2.15 bits per heavy atom. The summed E-state index contributed by atoms with van der Waals surface area (Å²) in [6, 6.07) is 10.1. The first-order valence-corrected chi connectivity index (χ1v) is 14.2. The monoisotopic (exact) mass is 654 g/mol. The number of aliphatic hydroxyl groups excluding tert-OH is 1. The van der Waals surface area contributed by atoms with Crippen LogP contribution in [0.5, 0.6) is 0 Å². The maximum absolute atomic E-state index is 14.9. The molecule has 46 heavy (non-hydrogen) atoms. The predicted molar refractivity (Wildman–Crippen MR) is 153 cm³/mol. The minimum Gasteiger partial charge on any atom is -0.431 e. The molecule has 2 heterocycles. The molecule has 1 unspecified atom stereocenters. The van der Waals surface area contributed by atoms with Gasteiger partial charge in [0.15, 0.2) is 0 Å². The number of aromatic nitrogens is 1. The van der Waals surface area contributed by atoms with E-state index in [-0.39, 0.29) is 43.7 Å². The van der Waals surface area contributed by atoms with Gasteiger partial charge in [0, 0.05) is 36.9 Å². The summed E-state index contributed by atoms with van der Waals surface area (Å²) >= 11 is 0. The molecule has 1 fully saturated rings. The zero-order chi connectivity index (χ0) is 33.5. The molecule has 2 aromatic carbocycles. The first kappa shape index (κ1) is 34.7. The Hall–Kier alpha value is -4.21. The third kappa shape index (κ3) is 8.73. The zero-order valence-corrected chi connectivity index (χ0v) is 24.3. The van der Waals surface area contributed by atoms with E-state index in [1.807, 2.05) is 0 Å². The van der Waals surface area contributed by atoms with Crippen LogP contribution in [0.25, 0.3) is 0 Å². The summed E-state index contributed by atoms with van der Waals surface area (Å²) in [7, 11) is 0. The molecule has 3 aromatic rings. The molecule has 0 radical (unpaired) electrons. The SMILES string of the molecule is NC(=O)OC(CO)(C[C@H]1CO[C@H](CCc2c(F)cncc2NC(=O)CC(c2ccc(F)cc2)c2ccc(F)cc2)CN1)C(F)(F)F. The molecule has 1 saturated heterocycles. The first-order valence-electron chi connectivity index (χ1n) is 14.2. The highest BCUT2D eigenvalue weighted by molar-refractivity contribution is 5.92. The van der Waals surface area contributed by atoms with Crippen molar-refractivity contribution in [2.75, 3.05) is 25.1 Å². The van der Waals surface area contributed by atoms with Gasteiger partial charge < -0.3 is 30.9 Å². The van der Waals surface area contributed by atoms with E-state index in [4.69, 9.17) is 10.5 Å². The molecule has 2 amide bonds. The Bertz CT molecular complexity index is 1440. The number of benzene rings is 2. The van der Waals surface area contributed by atoms with Gasteiger partial charge in [0.05, 0.1) is 37.4 Å². The minimum atomic E-state index is -5.10. The fourth-order valence-electron chi connectivity index (χ4n) is 5.31. The normalized spacial score (nSPS) is 18.2. The first-order chi connectivity index (χ1) is 21.8. The highest BCUT2D eigenvalue weighted by atomic mass is 19.4. The fourth-order valence-corrected chi connectivity index (χ4v) is 5.31. The Kier molecular flexibility index (Phi) is 11.2. The summed E-state index contributed by atoms with van der Waals surface area (Å²) in [4.78, 5) is 28.1. The molecule has 1 aliphatic heterocycles. The van der Waals surface area contributed by atoms with Gasteiger partial charge in [0.2, 0.25) is 11.5 Å². The number of hydrogen-bond donors (Lipinski definition) is 4. The Balaban J connectivity index is 1.39. The van der Waals surface area contributed by atoms with E-state index >= 15 is 0 Å². The van der Waals surface area contributed by atoms with E-state index in [0.29, 0.717) is 11.1 Å². The number of nitrogens with zero attached hydrogens (tertiary/aromatic N) is 1. The molecule has 15 heteroatoms. The number of carbonyl (C=O) groups is 2. The van der Waals surface area contributed by atoms with Crippen LogP contribution in [0, 0.1) is 17.5 Å². The van der Waals surface area contributed by atoms with Crippen molar-refractivity contribution in [1.29, 1.82) is 0 Å². The Morgan fingerprint density at radius 2 is 1.65 bits per heavy atom. The lowest BCUT2D eigenvalue weighted by atomic mass is 9.88. The Labute approximate surface area is 260 Å². The van der Waals surface area contributed by atoms with Crippen LogP contribution in [0.3, 0.4) is 0 Å². The third-order valence-electron chi connectivity index (χ3n) is 7.74. The molecule has 0 aliphatic carbocycles. The van der Waals surface area contributed by atoms with Crippen LogP contribution in [0.1, 0.15) is 41.9 Å². The number of primary amides is 1. The summed E-state index contributed by atoms with van der Waals surface area (Å²) in [6.45, 7) is -1.71. The number of pyridine rings is 1. The van der Waals surface area contributed by atoms with E-state index in [2.05, 4.69) is 20.4 Å². The number of halogens is 6. The predicted octanol–water partition coefficient (Wildman–Crippen LogP) is 4.73. The van der Waals surface area contributed by atoms with Crippen molar-refractivity contribution in [3.63, 3.8) is 0 Å². The summed E-state index contributed by atoms with van der Waals surface area (Å²) < 4.78 is 93.0. The summed E-state index contributed by atoms with van der Waals surface area (Å²) in [5, 5.41) is 15.0. The van der Waals surface area contributed by atoms with Gasteiger partial charge in [-0.3, -0.25) is 9.78 Å². The van der Waals surface area contributed by atoms with Crippen molar-refractivity contribution in [1.82, 2.24) is 10.3 Å². The molecule has 0 spiro atoms. The number of nitrogens with one attached hydrogen (secondary N) is 2. The highest BCUT2D eigenvalue weighted by Gasteiger charge is 2.59. The third-order valence-corrected chi connectivity index (χ3v) is 7.74. The van der Waals surface area contributed by atoms with E-state index in [1.54, 1.807) is 0 Å². The molecule has 0 saturated carbocycles. The van der Waals surface area contributed by atoms with Gasteiger partial charge in [0.1, 0.15) is 17.5 Å². The van der Waals surface area contributed by atoms with E-state index in [0.717, 1.165) is 6.20 Å². The van der Waals surface area contributed by atoms with Crippen molar-refractivity contribution in [3.05, 3.63) is 95.1 Å². The van der Waals surface area contributed by atoms with Gasteiger partial charge in [-0.2, -0.15) is 13.2 Å². The quantitative estimate of drug-likeness (QED) is 0.208. The number of ether oxygens (including phenoxy) is 2. The number of hydrogen-bond acceptors (Lipinski definition) is 7. The number of aliphatic hydroxyl groups is 1. The average Bonchev–Trinajstić information content (AvgIpc) is 3.00. The van der Waals surface area contributed by atoms with E-state index in [1.165, 1.54) is 54.7 Å². The number of rotatable bonds is 12. The molecular formula is C31H32F6N4O5. The lowest BCUT2D eigenvalue weighted by Gasteiger charge is -2.38. The van der Waals surface area contributed by atoms with Gasteiger partial charge in [-0.1, -0.05) is 24.3 Å². The molecule has 0 bridgehead atoms. The van der Waals surface area contributed by atoms with Crippen LogP contribution >= 0.6 is 0 Å². The van der Waals surface area contributed by atoms with Crippen LogP contribution in [-0.2, 0) is 20.7 Å². The number of anilines is 1. The molecule has 5 N–H and O–H groups in total. The molecule has 9 nitrogen and oxygen atoms in total. The second-order valence-electron chi connectivity index (χ2n) is 10.9. The Morgan fingerprint density at radius 1 is 1.04 bits per heavy atom. The number of carbonyl (C=O) groups excluding carboxylic acids is 2. The fraction of sp³-hybridized carbons (Fsp3) is 0.387. The van der Waals surface area contributed by atoms with Crippen LogP contribution < -0.4 is 16.4 Å². The van der Waals surface area contributed by atoms with Crippen molar-refractivity contribution in [2.45, 2.75) is 55.5 Å². The highest BCUT2D eigenvalue weighted by Crippen LogP contribution is 2.38. The topological polar surface area (TPSA) is 136 Å². The summed E-state index contributed by atoms with van der Waals surface area (Å²) in [6.07, 6.45) is -5.82. The van der Waals surface area contributed by atoms with Gasteiger partial charge in [-0.15, -0.1) is 0 Å². The molecule has 1 aliphatic rings. The lowest BCUT2D eigenvalue weighted by Crippen LogP contribution is -2.58. The van der Waals surface area contributed by atoms with Crippen molar-refractivity contribution < 1.29 is 50.5 Å². The van der Waals surface area contributed by atoms with Gasteiger partial charge in [-0.05, 0) is 48.2 Å². The van der Waals surface area contributed by atoms with Gasteiger partial charge in [0.25, 0.3) is 0 Å². The maximum atomic E-state index is 14.9. The van der Waals surface area contributed by atoms with Gasteiger partial charge >= 0.3 is 12.3 Å². The zero-order valence-electron chi connectivity index (χ0n) is 24.3. The largest absolute Gasteiger partial charge is 0.431 e. The second-order valence-corrected chi connectivity index (χ2v) is 10.9. The van der Waals surface area contributed by atoms with Crippen LogP contribution in [0.4, 0.5) is 36.8 Å². The average molecular weight is 655 g/mol. The van der Waals surface area contributed by atoms with Crippen molar-refractivity contribution >= 4 is 17.7 Å². The molecule has 3 atom stereocenters. The van der Waals surface area contributed by atoms with E-state index in [9.17, 15) is 41.0 Å².